The van der Waals surface area contributed by atoms with Gasteiger partial charge in [-0.2, -0.15) is 0 Å². The van der Waals surface area contributed by atoms with Gasteiger partial charge in [0.25, 0.3) is 0 Å². The number of aryl methyl sites for hydroxylation is 2. The van der Waals surface area contributed by atoms with Crippen LogP contribution in [0.2, 0.25) is 0 Å². The van der Waals surface area contributed by atoms with Gasteiger partial charge in [0.1, 0.15) is 0 Å². The topological polar surface area (TPSA) is 20.7 Å². The molecular weight excluding hydrogens is 248 g/mol. The molecule has 0 saturated heterocycles. The monoisotopic (exact) mass is 256 g/mol. The van der Waals surface area contributed by atoms with Crippen LogP contribution in [-0.2, 0) is 7.05 Å². The van der Waals surface area contributed by atoms with E-state index in [0.29, 0.717) is 0 Å². The standard InChI is InChI=1S/C9H9BrN2S/c1-5-3-6(10)8-7(4-5)12(2)9(13)11-8/h3-4H,1-2H3,(H,11,13). The molecule has 1 N–H and O–H groups in total. The van der Waals surface area contributed by atoms with Gasteiger partial charge in [0.05, 0.1) is 11.0 Å². The van der Waals surface area contributed by atoms with Crippen molar-refractivity contribution >= 4 is 39.2 Å². The first-order chi connectivity index (χ1) is 6.09. The van der Waals surface area contributed by atoms with Crippen molar-refractivity contribution in [3.05, 3.63) is 26.9 Å². The molecule has 0 aliphatic carbocycles. The Hall–Kier alpha value is -0.610. The number of nitrogens with zero attached hydrogens (tertiary/aromatic N) is 1. The summed E-state index contributed by atoms with van der Waals surface area (Å²) in [7, 11) is 1.97. The van der Waals surface area contributed by atoms with Gasteiger partial charge in [-0.3, -0.25) is 0 Å². The van der Waals surface area contributed by atoms with Crippen LogP contribution in [-0.4, -0.2) is 9.55 Å². The maximum Gasteiger partial charge on any atom is 0.177 e. The van der Waals surface area contributed by atoms with E-state index in [0.717, 1.165) is 20.3 Å². The second-order valence-electron chi connectivity index (χ2n) is 3.13. The first kappa shape index (κ1) is 8.97. The number of aromatic nitrogens is 2. The minimum atomic E-state index is 0.751. The van der Waals surface area contributed by atoms with Crippen LogP contribution < -0.4 is 0 Å². The van der Waals surface area contributed by atoms with Gasteiger partial charge in [-0.1, -0.05) is 0 Å². The third kappa shape index (κ3) is 1.34. The zero-order chi connectivity index (χ0) is 9.59. The molecule has 68 valence electrons. The van der Waals surface area contributed by atoms with Crippen LogP contribution in [0.1, 0.15) is 5.56 Å². The third-order valence-electron chi connectivity index (χ3n) is 2.11. The van der Waals surface area contributed by atoms with Crippen molar-refractivity contribution in [2.45, 2.75) is 6.92 Å². The number of benzene rings is 1. The number of hydrogen-bond donors (Lipinski definition) is 1. The van der Waals surface area contributed by atoms with Crippen LogP contribution >= 0.6 is 28.1 Å². The Kier molecular flexibility index (Phi) is 2.04. The summed E-state index contributed by atoms with van der Waals surface area (Å²) in [4.78, 5) is 3.15. The molecule has 0 unspecified atom stereocenters. The summed E-state index contributed by atoms with van der Waals surface area (Å²) in [5.74, 6) is 0. The molecule has 2 nitrogen and oxygen atoms in total. The highest BCUT2D eigenvalue weighted by Gasteiger charge is 2.04. The summed E-state index contributed by atoms with van der Waals surface area (Å²) < 4.78 is 3.79. The summed E-state index contributed by atoms with van der Waals surface area (Å²) >= 11 is 8.65. The Labute approximate surface area is 89.7 Å². The number of fused-ring (bicyclic) bond motifs is 1. The lowest BCUT2D eigenvalue weighted by molar-refractivity contribution is 0.926. The molecule has 0 spiro atoms. The van der Waals surface area contributed by atoms with Gasteiger partial charge < -0.3 is 9.55 Å². The Bertz CT molecular complexity index is 524. The average Bonchev–Trinajstić information content (AvgIpc) is 2.32. The van der Waals surface area contributed by atoms with Crippen LogP contribution in [0.5, 0.6) is 0 Å². The van der Waals surface area contributed by atoms with E-state index in [1.54, 1.807) is 0 Å². The van der Waals surface area contributed by atoms with Gasteiger partial charge in [-0.05, 0) is 52.8 Å². The van der Waals surface area contributed by atoms with E-state index >= 15 is 0 Å². The number of hydrogen-bond acceptors (Lipinski definition) is 1. The minimum absolute atomic E-state index is 0.751. The molecule has 0 saturated carbocycles. The summed E-state index contributed by atoms with van der Waals surface area (Å²) in [6.45, 7) is 2.07. The summed E-state index contributed by atoms with van der Waals surface area (Å²) in [5.41, 5.74) is 3.43. The average molecular weight is 257 g/mol. The van der Waals surface area contributed by atoms with Gasteiger partial charge in [0.15, 0.2) is 4.77 Å². The van der Waals surface area contributed by atoms with Crippen molar-refractivity contribution in [3.8, 4) is 0 Å². The van der Waals surface area contributed by atoms with Crippen molar-refractivity contribution in [3.63, 3.8) is 0 Å². The molecule has 1 heterocycles. The first-order valence-electron chi connectivity index (χ1n) is 3.94. The molecule has 2 aromatic rings. The molecule has 0 aliphatic heterocycles. The minimum Gasteiger partial charge on any atom is -0.330 e. The highest BCUT2D eigenvalue weighted by atomic mass is 79.9. The zero-order valence-corrected chi connectivity index (χ0v) is 9.79. The largest absolute Gasteiger partial charge is 0.330 e. The molecule has 0 fully saturated rings. The molecule has 2 rings (SSSR count). The Balaban J connectivity index is 3.03. The molecule has 4 heteroatoms. The summed E-state index contributed by atoms with van der Waals surface area (Å²) in [5, 5.41) is 0. The number of imidazole rings is 1. The van der Waals surface area contributed by atoms with Crippen LogP contribution in [0.4, 0.5) is 0 Å². The van der Waals surface area contributed by atoms with Crippen LogP contribution in [0.25, 0.3) is 11.0 Å². The molecule has 0 radical (unpaired) electrons. The van der Waals surface area contributed by atoms with E-state index in [4.69, 9.17) is 12.2 Å². The smallest absolute Gasteiger partial charge is 0.177 e. The van der Waals surface area contributed by atoms with E-state index in [9.17, 15) is 0 Å². The summed E-state index contributed by atoms with van der Waals surface area (Å²) in [6.07, 6.45) is 0. The van der Waals surface area contributed by atoms with Gasteiger partial charge in [0, 0.05) is 11.5 Å². The normalized spacial score (nSPS) is 11.0. The zero-order valence-electron chi connectivity index (χ0n) is 7.39. The lowest BCUT2D eigenvalue weighted by Gasteiger charge is -1.98. The van der Waals surface area contributed by atoms with E-state index in [1.807, 2.05) is 11.6 Å². The molecular formula is C9H9BrN2S. The number of halogens is 1. The Morgan fingerprint density at radius 2 is 2.15 bits per heavy atom. The molecule has 0 amide bonds. The maximum absolute atomic E-state index is 5.14. The maximum atomic E-state index is 5.14. The quantitative estimate of drug-likeness (QED) is 0.718. The van der Waals surface area contributed by atoms with Crippen LogP contribution in [0, 0.1) is 11.7 Å². The first-order valence-corrected chi connectivity index (χ1v) is 5.14. The lowest BCUT2D eigenvalue weighted by Crippen LogP contribution is -1.86. The highest BCUT2D eigenvalue weighted by Crippen LogP contribution is 2.24. The van der Waals surface area contributed by atoms with E-state index < -0.39 is 0 Å². The van der Waals surface area contributed by atoms with Crippen molar-refractivity contribution in [2.75, 3.05) is 0 Å². The van der Waals surface area contributed by atoms with Crippen molar-refractivity contribution in [1.29, 1.82) is 0 Å². The highest BCUT2D eigenvalue weighted by molar-refractivity contribution is 9.10. The van der Waals surface area contributed by atoms with Gasteiger partial charge in [0.2, 0.25) is 0 Å². The third-order valence-corrected chi connectivity index (χ3v) is 3.11. The van der Waals surface area contributed by atoms with Crippen molar-refractivity contribution < 1.29 is 0 Å². The van der Waals surface area contributed by atoms with Crippen LogP contribution in [0.3, 0.4) is 0 Å². The van der Waals surface area contributed by atoms with Crippen LogP contribution in [0.15, 0.2) is 16.6 Å². The summed E-state index contributed by atoms with van der Waals surface area (Å²) in [6, 6.07) is 4.19. The van der Waals surface area contributed by atoms with E-state index in [2.05, 4.69) is 40.0 Å². The fourth-order valence-corrected chi connectivity index (χ4v) is 2.28. The van der Waals surface area contributed by atoms with Gasteiger partial charge in [-0.25, -0.2) is 0 Å². The molecule has 1 aromatic carbocycles. The molecule has 13 heavy (non-hydrogen) atoms. The predicted octanol–water partition coefficient (Wildman–Crippen LogP) is 3.31. The Morgan fingerprint density at radius 1 is 1.46 bits per heavy atom. The number of rotatable bonds is 0. The number of aromatic amines is 1. The number of nitrogens with one attached hydrogen (secondary N) is 1. The predicted molar refractivity (Wildman–Crippen MR) is 60.5 cm³/mol. The van der Waals surface area contributed by atoms with Crippen molar-refractivity contribution in [2.24, 2.45) is 7.05 Å². The lowest BCUT2D eigenvalue weighted by atomic mass is 10.2. The second kappa shape index (κ2) is 2.96. The SMILES string of the molecule is Cc1cc(Br)c2[nH]c(=S)n(C)c2c1. The molecule has 0 bridgehead atoms. The number of H-pyrrole nitrogens is 1. The van der Waals surface area contributed by atoms with E-state index in [-0.39, 0.29) is 0 Å². The Morgan fingerprint density at radius 3 is 2.85 bits per heavy atom. The van der Waals surface area contributed by atoms with Gasteiger partial charge in [-0.15, -0.1) is 0 Å². The fourth-order valence-electron chi connectivity index (χ4n) is 1.41. The fraction of sp³-hybridized carbons (Fsp3) is 0.222. The second-order valence-corrected chi connectivity index (χ2v) is 4.37. The molecule has 1 aromatic heterocycles. The van der Waals surface area contributed by atoms with Gasteiger partial charge >= 0.3 is 0 Å². The molecule has 0 aliphatic rings. The van der Waals surface area contributed by atoms with E-state index in [1.165, 1.54) is 5.56 Å². The molecule has 0 atom stereocenters. The van der Waals surface area contributed by atoms with Crippen molar-refractivity contribution in [1.82, 2.24) is 9.55 Å².